The van der Waals surface area contributed by atoms with Crippen LogP contribution in [-0.2, 0) is 16.4 Å². The fourth-order valence-corrected chi connectivity index (χ4v) is 5.36. The predicted octanol–water partition coefficient (Wildman–Crippen LogP) is 4.50. The van der Waals surface area contributed by atoms with Crippen molar-refractivity contribution in [3.05, 3.63) is 76.9 Å². The van der Waals surface area contributed by atoms with Crippen molar-refractivity contribution < 1.29 is 13.2 Å². The highest BCUT2D eigenvalue weighted by molar-refractivity contribution is 7.92. The SMILES string of the molecule is CC(C)Cc1ccc2c(N)c(C(=O)c3ccc(S(=O)(=O)Nc4ccccn4)cc3)sc2n1. The van der Waals surface area contributed by atoms with E-state index in [0.717, 1.165) is 22.3 Å². The molecule has 0 aliphatic rings. The standard InChI is InChI=1S/C23H22N4O3S2/c1-14(2)13-16-8-11-18-20(24)22(31-23(18)26-16)21(28)15-6-9-17(10-7-15)32(29,30)27-19-5-3-4-12-25-19/h3-12,14H,13,24H2,1-2H3,(H,25,27). The number of carbonyl (C=O) groups is 1. The van der Waals surface area contributed by atoms with Crippen molar-refractivity contribution in [2.75, 3.05) is 10.5 Å². The summed E-state index contributed by atoms with van der Waals surface area (Å²) in [5.41, 5.74) is 7.96. The van der Waals surface area contributed by atoms with Gasteiger partial charge in [0, 0.05) is 22.8 Å². The van der Waals surface area contributed by atoms with Crippen LogP contribution in [0.4, 0.5) is 11.5 Å². The first kappa shape index (κ1) is 21.9. The first-order valence-electron chi connectivity index (χ1n) is 10.0. The van der Waals surface area contributed by atoms with E-state index in [-0.39, 0.29) is 16.5 Å². The van der Waals surface area contributed by atoms with Gasteiger partial charge in [0.05, 0.1) is 10.6 Å². The second-order valence-electron chi connectivity index (χ2n) is 7.77. The predicted molar refractivity (Wildman–Crippen MR) is 127 cm³/mol. The summed E-state index contributed by atoms with van der Waals surface area (Å²) in [5, 5.41) is 0.754. The molecule has 0 bridgehead atoms. The number of nitrogens with two attached hydrogens (primary N) is 1. The quantitative estimate of drug-likeness (QED) is 0.387. The third-order valence-corrected chi connectivity index (χ3v) is 7.29. The monoisotopic (exact) mass is 466 g/mol. The van der Waals surface area contributed by atoms with Gasteiger partial charge in [0.1, 0.15) is 15.5 Å². The molecule has 9 heteroatoms. The lowest BCUT2D eigenvalue weighted by Crippen LogP contribution is -2.14. The van der Waals surface area contributed by atoms with Crippen LogP contribution in [0.5, 0.6) is 0 Å². The van der Waals surface area contributed by atoms with Crippen molar-refractivity contribution >= 4 is 48.9 Å². The Morgan fingerprint density at radius 1 is 1.09 bits per heavy atom. The van der Waals surface area contributed by atoms with Crippen LogP contribution in [0, 0.1) is 5.92 Å². The second-order valence-corrected chi connectivity index (χ2v) is 10.5. The molecule has 1 aromatic carbocycles. The van der Waals surface area contributed by atoms with E-state index >= 15 is 0 Å². The molecular formula is C23H22N4O3S2. The molecule has 0 aliphatic heterocycles. The summed E-state index contributed by atoms with van der Waals surface area (Å²) in [6.07, 6.45) is 2.34. The normalized spacial score (nSPS) is 11.7. The summed E-state index contributed by atoms with van der Waals surface area (Å²) in [4.78, 5) is 22.9. The Morgan fingerprint density at radius 2 is 1.84 bits per heavy atom. The molecule has 0 spiro atoms. The number of benzene rings is 1. The van der Waals surface area contributed by atoms with Crippen molar-refractivity contribution in [1.29, 1.82) is 0 Å². The minimum absolute atomic E-state index is 0.0315. The number of fused-ring (bicyclic) bond motifs is 1. The highest BCUT2D eigenvalue weighted by atomic mass is 32.2. The van der Waals surface area contributed by atoms with Gasteiger partial charge in [-0.1, -0.05) is 19.9 Å². The molecule has 0 aliphatic carbocycles. The average molecular weight is 467 g/mol. The van der Waals surface area contributed by atoms with E-state index in [1.807, 2.05) is 12.1 Å². The van der Waals surface area contributed by atoms with Crippen LogP contribution in [0.2, 0.25) is 0 Å². The van der Waals surface area contributed by atoms with Crippen LogP contribution < -0.4 is 10.5 Å². The number of aromatic nitrogens is 2. The third kappa shape index (κ3) is 4.49. The fourth-order valence-electron chi connectivity index (χ4n) is 3.27. The summed E-state index contributed by atoms with van der Waals surface area (Å²) >= 11 is 1.26. The molecule has 7 nitrogen and oxygen atoms in total. The minimum Gasteiger partial charge on any atom is -0.397 e. The van der Waals surface area contributed by atoms with Crippen LogP contribution in [0.1, 0.15) is 34.8 Å². The number of ketones is 1. The number of nitrogens with one attached hydrogen (secondary N) is 1. The number of sulfonamides is 1. The molecule has 0 fully saturated rings. The van der Waals surface area contributed by atoms with Gasteiger partial charge in [-0.15, -0.1) is 11.3 Å². The Balaban J connectivity index is 1.60. The Hall–Kier alpha value is -3.30. The van der Waals surface area contributed by atoms with E-state index in [1.165, 1.54) is 41.8 Å². The first-order chi connectivity index (χ1) is 15.2. The maximum absolute atomic E-state index is 13.1. The van der Waals surface area contributed by atoms with E-state index < -0.39 is 10.0 Å². The van der Waals surface area contributed by atoms with Gasteiger partial charge in [-0.3, -0.25) is 9.52 Å². The van der Waals surface area contributed by atoms with Crippen molar-refractivity contribution in [3.8, 4) is 0 Å². The van der Waals surface area contributed by atoms with Crippen LogP contribution >= 0.6 is 11.3 Å². The van der Waals surface area contributed by atoms with Gasteiger partial charge in [0.2, 0.25) is 5.78 Å². The van der Waals surface area contributed by atoms with Crippen molar-refractivity contribution in [2.24, 2.45) is 5.92 Å². The molecule has 3 heterocycles. The molecule has 32 heavy (non-hydrogen) atoms. The smallest absolute Gasteiger partial charge is 0.263 e. The molecule has 4 rings (SSSR count). The van der Waals surface area contributed by atoms with E-state index in [9.17, 15) is 13.2 Å². The molecular weight excluding hydrogens is 444 g/mol. The van der Waals surface area contributed by atoms with Crippen LogP contribution in [0.3, 0.4) is 0 Å². The number of nitrogen functional groups attached to an aromatic ring is 1. The highest BCUT2D eigenvalue weighted by Gasteiger charge is 2.21. The Kier molecular flexibility index (Phi) is 5.94. The third-order valence-electron chi connectivity index (χ3n) is 4.81. The number of hydrogen-bond acceptors (Lipinski definition) is 7. The molecule has 0 unspecified atom stereocenters. The lowest BCUT2D eigenvalue weighted by atomic mass is 10.1. The van der Waals surface area contributed by atoms with E-state index in [1.54, 1.807) is 18.2 Å². The van der Waals surface area contributed by atoms with Gasteiger partial charge in [0.15, 0.2) is 0 Å². The molecule has 164 valence electrons. The lowest BCUT2D eigenvalue weighted by Gasteiger charge is -2.07. The van der Waals surface area contributed by atoms with Gasteiger partial charge in [-0.25, -0.2) is 18.4 Å². The number of thiophene rings is 1. The van der Waals surface area contributed by atoms with Crippen molar-refractivity contribution in [2.45, 2.75) is 25.2 Å². The van der Waals surface area contributed by atoms with Crippen LogP contribution in [0.25, 0.3) is 10.2 Å². The number of hydrogen-bond donors (Lipinski definition) is 2. The summed E-state index contributed by atoms with van der Waals surface area (Å²) in [7, 11) is -3.82. The summed E-state index contributed by atoms with van der Waals surface area (Å²) in [6.45, 7) is 4.25. The molecule has 0 amide bonds. The zero-order chi connectivity index (χ0) is 22.9. The second kappa shape index (κ2) is 8.68. The topological polar surface area (TPSA) is 115 Å². The Labute approximate surface area is 190 Å². The van der Waals surface area contributed by atoms with Gasteiger partial charge in [-0.05, 0) is 60.9 Å². The molecule has 0 saturated carbocycles. The number of anilines is 2. The fraction of sp³-hybridized carbons (Fsp3) is 0.174. The number of carbonyl (C=O) groups excluding carboxylic acids is 1. The molecule has 3 aromatic heterocycles. The molecule has 0 radical (unpaired) electrons. The van der Waals surface area contributed by atoms with E-state index in [4.69, 9.17) is 5.73 Å². The van der Waals surface area contributed by atoms with Gasteiger partial charge in [-0.2, -0.15) is 0 Å². The van der Waals surface area contributed by atoms with Gasteiger partial charge >= 0.3 is 0 Å². The highest BCUT2D eigenvalue weighted by Crippen LogP contribution is 2.34. The maximum Gasteiger partial charge on any atom is 0.263 e. The molecule has 0 saturated heterocycles. The Morgan fingerprint density at radius 3 is 2.50 bits per heavy atom. The zero-order valence-electron chi connectivity index (χ0n) is 17.6. The minimum atomic E-state index is -3.82. The zero-order valence-corrected chi connectivity index (χ0v) is 19.2. The average Bonchev–Trinajstić information content (AvgIpc) is 3.09. The Bertz CT molecular complexity index is 1380. The number of nitrogens with zero attached hydrogens (tertiary/aromatic N) is 2. The number of rotatable bonds is 7. The van der Waals surface area contributed by atoms with Crippen LogP contribution in [0.15, 0.2) is 65.7 Å². The van der Waals surface area contributed by atoms with Crippen LogP contribution in [-0.4, -0.2) is 24.2 Å². The summed E-state index contributed by atoms with van der Waals surface area (Å²) < 4.78 is 27.6. The lowest BCUT2D eigenvalue weighted by molar-refractivity contribution is 0.104. The summed E-state index contributed by atoms with van der Waals surface area (Å²) in [6, 6.07) is 14.5. The van der Waals surface area contributed by atoms with E-state index in [0.29, 0.717) is 22.0 Å². The van der Waals surface area contributed by atoms with Crippen molar-refractivity contribution in [3.63, 3.8) is 0 Å². The molecule has 3 N–H and O–H groups in total. The van der Waals surface area contributed by atoms with E-state index in [2.05, 4.69) is 28.5 Å². The van der Waals surface area contributed by atoms with Gasteiger partial charge in [0.25, 0.3) is 10.0 Å². The maximum atomic E-state index is 13.1. The first-order valence-corrected chi connectivity index (χ1v) is 12.3. The largest absolute Gasteiger partial charge is 0.397 e. The summed E-state index contributed by atoms with van der Waals surface area (Å²) in [5.74, 6) is 0.424. The molecule has 4 aromatic rings. The molecule has 0 atom stereocenters. The number of pyridine rings is 2. The van der Waals surface area contributed by atoms with Gasteiger partial charge < -0.3 is 5.73 Å². The van der Waals surface area contributed by atoms with Crippen molar-refractivity contribution in [1.82, 2.24) is 9.97 Å².